The van der Waals surface area contributed by atoms with Crippen molar-refractivity contribution in [3.8, 4) is 11.5 Å². The minimum atomic E-state index is -0.736. The van der Waals surface area contributed by atoms with E-state index in [0.717, 1.165) is 0 Å². The second-order valence-corrected chi connectivity index (χ2v) is 2.99. The minimum absolute atomic E-state index is 0.560. The average molecular weight is 208 g/mol. The Morgan fingerprint density at radius 3 is 2.80 bits per heavy atom. The summed E-state index contributed by atoms with van der Waals surface area (Å²) in [7, 11) is 1.55. The van der Waals surface area contributed by atoms with Crippen molar-refractivity contribution in [1.29, 1.82) is 0 Å². The summed E-state index contributed by atoms with van der Waals surface area (Å²) in [5.41, 5.74) is 0.665. The zero-order valence-corrected chi connectivity index (χ0v) is 9.06. The van der Waals surface area contributed by atoms with Crippen LogP contribution in [-0.4, -0.2) is 18.8 Å². The second kappa shape index (κ2) is 5.41. The second-order valence-electron chi connectivity index (χ2n) is 2.99. The Hall–Kier alpha value is -1.48. The number of rotatable bonds is 5. The molecule has 1 N–H and O–H groups in total. The molecule has 3 heteroatoms. The lowest BCUT2D eigenvalue weighted by molar-refractivity contribution is 0.220. The van der Waals surface area contributed by atoms with E-state index in [-0.39, 0.29) is 0 Å². The van der Waals surface area contributed by atoms with Crippen LogP contribution in [0.25, 0.3) is 0 Å². The zero-order valence-electron chi connectivity index (χ0n) is 9.06. The number of para-hydroxylation sites is 1. The molecule has 0 bridgehead atoms. The van der Waals surface area contributed by atoms with Crippen molar-refractivity contribution in [2.75, 3.05) is 13.7 Å². The van der Waals surface area contributed by atoms with Gasteiger partial charge in [0.15, 0.2) is 11.5 Å². The van der Waals surface area contributed by atoms with Crippen molar-refractivity contribution in [1.82, 2.24) is 0 Å². The van der Waals surface area contributed by atoms with Gasteiger partial charge in [-0.3, -0.25) is 0 Å². The van der Waals surface area contributed by atoms with Gasteiger partial charge in [-0.1, -0.05) is 18.2 Å². The van der Waals surface area contributed by atoms with Gasteiger partial charge in [0.25, 0.3) is 0 Å². The lowest BCUT2D eigenvalue weighted by Crippen LogP contribution is -2.01. The minimum Gasteiger partial charge on any atom is -0.492 e. The maximum atomic E-state index is 9.68. The topological polar surface area (TPSA) is 38.7 Å². The van der Waals surface area contributed by atoms with E-state index in [9.17, 15) is 5.11 Å². The van der Waals surface area contributed by atoms with E-state index >= 15 is 0 Å². The molecule has 15 heavy (non-hydrogen) atoms. The van der Waals surface area contributed by atoms with Crippen LogP contribution in [0.2, 0.25) is 0 Å². The average Bonchev–Trinajstić information content (AvgIpc) is 2.28. The summed E-state index contributed by atoms with van der Waals surface area (Å²) in [6, 6.07) is 5.41. The van der Waals surface area contributed by atoms with E-state index < -0.39 is 6.10 Å². The number of benzene rings is 1. The summed E-state index contributed by atoms with van der Waals surface area (Å²) in [6.45, 7) is 6.00. The first kappa shape index (κ1) is 11.6. The third kappa shape index (κ3) is 2.50. The van der Waals surface area contributed by atoms with Gasteiger partial charge in [-0.15, -0.1) is 6.58 Å². The smallest absolute Gasteiger partial charge is 0.166 e. The van der Waals surface area contributed by atoms with Crippen molar-refractivity contribution in [2.24, 2.45) is 0 Å². The molecule has 0 aliphatic heterocycles. The molecule has 0 aliphatic carbocycles. The Balaban J connectivity index is 3.15. The van der Waals surface area contributed by atoms with Crippen molar-refractivity contribution in [2.45, 2.75) is 13.0 Å². The van der Waals surface area contributed by atoms with Crippen LogP contribution in [0.5, 0.6) is 11.5 Å². The Bertz CT molecular complexity index is 334. The van der Waals surface area contributed by atoms with Crippen LogP contribution in [0.3, 0.4) is 0 Å². The Kier molecular flexibility index (Phi) is 4.18. The van der Waals surface area contributed by atoms with Gasteiger partial charge in [0, 0.05) is 5.56 Å². The third-order valence-electron chi connectivity index (χ3n) is 2.06. The Morgan fingerprint density at radius 2 is 2.27 bits per heavy atom. The van der Waals surface area contributed by atoms with E-state index in [4.69, 9.17) is 9.47 Å². The predicted molar refractivity (Wildman–Crippen MR) is 59.3 cm³/mol. The summed E-state index contributed by atoms with van der Waals surface area (Å²) in [5, 5.41) is 9.68. The number of hydrogen-bond donors (Lipinski definition) is 1. The molecule has 1 atom stereocenters. The molecule has 1 aromatic carbocycles. The van der Waals surface area contributed by atoms with Crippen molar-refractivity contribution in [3.63, 3.8) is 0 Å². The molecule has 82 valence electrons. The molecule has 0 aromatic heterocycles. The molecule has 1 unspecified atom stereocenters. The molecule has 0 spiro atoms. The molecule has 1 aromatic rings. The fraction of sp³-hybridized carbons (Fsp3) is 0.333. The first-order valence-corrected chi connectivity index (χ1v) is 4.84. The molecule has 0 saturated carbocycles. The first-order chi connectivity index (χ1) is 7.24. The molecule has 3 nitrogen and oxygen atoms in total. The predicted octanol–water partition coefficient (Wildman–Crippen LogP) is 2.31. The van der Waals surface area contributed by atoms with Crippen molar-refractivity contribution >= 4 is 0 Å². The summed E-state index contributed by atoms with van der Waals surface area (Å²) in [6.07, 6.45) is 0.716. The Morgan fingerprint density at radius 1 is 1.53 bits per heavy atom. The molecule has 0 amide bonds. The number of aliphatic hydroxyl groups is 1. The summed E-state index contributed by atoms with van der Waals surface area (Å²) in [4.78, 5) is 0. The number of ether oxygens (including phenoxy) is 2. The summed E-state index contributed by atoms with van der Waals surface area (Å²) >= 11 is 0. The molecule has 0 aliphatic rings. The number of methoxy groups -OCH3 is 1. The molecular formula is C12H16O3. The normalized spacial score (nSPS) is 11.9. The third-order valence-corrected chi connectivity index (χ3v) is 2.06. The number of hydrogen-bond acceptors (Lipinski definition) is 3. The van der Waals surface area contributed by atoms with Crippen molar-refractivity contribution in [3.05, 3.63) is 36.4 Å². The zero-order chi connectivity index (χ0) is 11.3. The van der Waals surface area contributed by atoms with E-state index in [1.807, 2.05) is 19.1 Å². The van der Waals surface area contributed by atoms with E-state index in [1.165, 1.54) is 6.08 Å². The fourth-order valence-corrected chi connectivity index (χ4v) is 1.38. The quantitative estimate of drug-likeness (QED) is 0.755. The highest BCUT2D eigenvalue weighted by Gasteiger charge is 2.14. The van der Waals surface area contributed by atoms with E-state index in [1.54, 1.807) is 13.2 Å². The van der Waals surface area contributed by atoms with Gasteiger partial charge in [0.2, 0.25) is 0 Å². The van der Waals surface area contributed by atoms with Gasteiger partial charge in [0.05, 0.1) is 13.7 Å². The van der Waals surface area contributed by atoms with Crippen molar-refractivity contribution < 1.29 is 14.6 Å². The van der Waals surface area contributed by atoms with Gasteiger partial charge < -0.3 is 14.6 Å². The summed E-state index contributed by atoms with van der Waals surface area (Å²) < 4.78 is 10.6. The lowest BCUT2D eigenvalue weighted by Gasteiger charge is -2.15. The van der Waals surface area contributed by atoms with Gasteiger partial charge >= 0.3 is 0 Å². The van der Waals surface area contributed by atoms with Gasteiger partial charge in [-0.25, -0.2) is 0 Å². The highest BCUT2D eigenvalue weighted by Crippen LogP contribution is 2.34. The van der Waals surface area contributed by atoms with E-state index in [2.05, 4.69) is 6.58 Å². The Labute approximate surface area is 90.0 Å². The largest absolute Gasteiger partial charge is 0.492 e. The van der Waals surface area contributed by atoms with Gasteiger partial charge in [-0.2, -0.15) is 0 Å². The first-order valence-electron chi connectivity index (χ1n) is 4.84. The molecule has 0 fully saturated rings. The van der Waals surface area contributed by atoms with Gasteiger partial charge in [-0.05, 0) is 13.0 Å². The maximum absolute atomic E-state index is 9.68. The highest BCUT2D eigenvalue weighted by molar-refractivity contribution is 5.48. The van der Waals surface area contributed by atoms with Crippen LogP contribution >= 0.6 is 0 Å². The lowest BCUT2D eigenvalue weighted by atomic mass is 10.1. The van der Waals surface area contributed by atoms with Gasteiger partial charge in [0.1, 0.15) is 6.10 Å². The maximum Gasteiger partial charge on any atom is 0.166 e. The molecule has 0 heterocycles. The summed E-state index contributed by atoms with van der Waals surface area (Å²) in [5.74, 6) is 1.20. The highest BCUT2D eigenvalue weighted by atomic mass is 16.5. The standard InChI is InChI=1S/C12H16O3/c1-4-10(13)9-7-6-8-11(15-5-2)12(9)14-3/h4,6-8,10,13H,1,5H2,2-3H3. The SMILES string of the molecule is C=CC(O)c1cccc(OCC)c1OC. The van der Waals surface area contributed by atoms with E-state index in [0.29, 0.717) is 23.7 Å². The number of aliphatic hydroxyl groups excluding tert-OH is 1. The fourth-order valence-electron chi connectivity index (χ4n) is 1.38. The van der Waals surface area contributed by atoms with Crippen LogP contribution in [0, 0.1) is 0 Å². The molecular weight excluding hydrogens is 192 g/mol. The van der Waals surface area contributed by atoms with Crippen LogP contribution in [0.15, 0.2) is 30.9 Å². The van der Waals surface area contributed by atoms with Crippen LogP contribution in [0.4, 0.5) is 0 Å². The van der Waals surface area contributed by atoms with Crippen LogP contribution < -0.4 is 9.47 Å². The monoisotopic (exact) mass is 208 g/mol. The van der Waals surface area contributed by atoms with Crippen LogP contribution in [-0.2, 0) is 0 Å². The molecule has 1 rings (SSSR count). The molecule has 0 saturated heterocycles. The van der Waals surface area contributed by atoms with Crippen LogP contribution in [0.1, 0.15) is 18.6 Å². The molecule has 0 radical (unpaired) electrons.